The Morgan fingerprint density at radius 3 is 2.90 bits per heavy atom. The SMILES string of the molecule is COC(=O)c1cc(S(=O)(=O)N2CCNC(C)C2)c(Br)s1. The molecule has 1 atom stereocenters. The monoisotopic (exact) mass is 382 g/mol. The van der Waals surface area contributed by atoms with E-state index in [1.165, 1.54) is 17.5 Å². The Hall–Kier alpha value is -0.480. The van der Waals surface area contributed by atoms with Crippen LogP contribution in [0.15, 0.2) is 14.7 Å². The van der Waals surface area contributed by atoms with Crippen LogP contribution in [0.4, 0.5) is 0 Å². The van der Waals surface area contributed by atoms with Gasteiger partial charge in [-0.2, -0.15) is 4.31 Å². The maximum absolute atomic E-state index is 12.6. The van der Waals surface area contributed by atoms with Crippen LogP contribution in [0.25, 0.3) is 0 Å². The summed E-state index contributed by atoms with van der Waals surface area (Å²) in [6.07, 6.45) is 0. The molecule has 112 valence electrons. The predicted molar refractivity (Wildman–Crippen MR) is 79.6 cm³/mol. The van der Waals surface area contributed by atoms with Crippen LogP contribution in [0.3, 0.4) is 0 Å². The van der Waals surface area contributed by atoms with Crippen LogP contribution in [-0.2, 0) is 14.8 Å². The summed E-state index contributed by atoms with van der Waals surface area (Å²) in [6, 6.07) is 1.47. The highest BCUT2D eigenvalue weighted by molar-refractivity contribution is 9.11. The lowest BCUT2D eigenvalue weighted by molar-refractivity contribution is 0.0606. The van der Waals surface area contributed by atoms with E-state index in [0.29, 0.717) is 23.4 Å². The molecule has 1 aliphatic rings. The van der Waals surface area contributed by atoms with E-state index in [4.69, 9.17) is 0 Å². The van der Waals surface area contributed by atoms with Crippen molar-refractivity contribution in [1.82, 2.24) is 9.62 Å². The Bertz CT molecular complexity index is 614. The zero-order valence-corrected chi connectivity index (χ0v) is 14.3. The molecule has 1 N–H and O–H groups in total. The average molecular weight is 383 g/mol. The van der Waals surface area contributed by atoms with Crippen molar-refractivity contribution >= 4 is 43.3 Å². The number of piperazine rings is 1. The number of halogens is 1. The van der Waals surface area contributed by atoms with Gasteiger partial charge in [0.1, 0.15) is 9.77 Å². The van der Waals surface area contributed by atoms with E-state index >= 15 is 0 Å². The minimum atomic E-state index is -3.60. The highest BCUT2D eigenvalue weighted by Gasteiger charge is 2.32. The molecule has 1 saturated heterocycles. The summed E-state index contributed by atoms with van der Waals surface area (Å²) in [4.78, 5) is 11.9. The van der Waals surface area contributed by atoms with Gasteiger partial charge >= 0.3 is 5.97 Å². The molecule has 1 fully saturated rings. The molecular formula is C11H15BrN2O4S2. The van der Waals surface area contributed by atoms with E-state index in [-0.39, 0.29) is 15.8 Å². The van der Waals surface area contributed by atoms with Crippen LogP contribution in [0, 0.1) is 0 Å². The molecule has 1 unspecified atom stereocenters. The molecule has 0 amide bonds. The number of esters is 1. The van der Waals surface area contributed by atoms with Gasteiger partial charge in [0, 0.05) is 25.7 Å². The molecule has 0 saturated carbocycles. The molecule has 1 aliphatic heterocycles. The third-order valence-electron chi connectivity index (χ3n) is 2.99. The van der Waals surface area contributed by atoms with Crippen LogP contribution < -0.4 is 5.32 Å². The molecule has 1 aromatic heterocycles. The van der Waals surface area contributed by atoms with E-state index in [1.807, 2.05) is 6.92 Å². The summed E-state index contributed by atoms with van der Waals surface area (Å²) in [5, 5.41) is 3.19. The number of ether oxygens (including phenoxy) is 1. The van der Waals surface area contributed by atoms with E-state index in [2.05, 4.69) is 26.0 Å². The first kappa shape index (κ1) is 15.9. The van der Waals surface area contributed by atoms with Crippen molar-refractivity contribution in [3.8, 4) is 0 Å². The smallest absolute Gasteiger partial charge is 0.348 e. The van der Waals surface area contributed by atoms with Gasteiger partial charge < -0.3 is 10.1 Å². The summed E-state index contributed by atoms with van der Waals surface area (Å²) in [5.74, 6) is -0.536. The van der Waals surface area contributed by atoms with Gasteiger partial charge in [0.2, 0.25) is 10.0 Å². The van der Waals surface area contributed by atoms with Gasteiger partial charge in [0.05, 0.1) is 10.9 Å². The summed E-state index contributed by atoms with van der Waals surface area (Å²) in [6.45, 7) is 3.39. The second-order valence-electron chi connectivity index (χ2n) is 4.46. The maximum atomic E-state index is 12.6. The van der Waals surface area contributed by atoms with Crippen LogP contribution in [0.1, 0.15) is 16.6 Å². The van der Waals surface area contributed by atoms with E-state index in [1.54, 1.807) is 0 Å². The van der Waals surface area contributed by atoms with Crippen LogP contribution >= 0.6 is 27.3 Å². The molecule has 0 aromatic carbocycles. The molecule has 2 rings (SSSR count). The first-order valence-electron chi connectivity index (χ1n) is 5.97. The van der Waals surface area contributed by atoms with Gasteiger partial charge in [-0.15, -0.1) is 11.3 Å². The summed E-state index contributed by atoms with van der Waals surface area (Å²) < 4.78 is 31.7. The largest absolute Gasteiger partial charge is 0.465 e. The highest BCUT2D eigenvalue weighted by Crippen LogP contribution is 2.34. The third kappa shape index (κ3) is 3.06. The first-order chi connectivity index (χ1) is 9.36. The number of methoxy groups -OCH3 is 1. The molecule has 0 aliphatic carbocycles. The van der Waals surface area contributed by atoms with Crippen LogP contribution in [-0.4, -0.2) is 51.5 Å². The number of hydrogen-bond acceptors (Lipinski definition) is 6. The number of hydrogen-bond donors (Lipinski definition) is 1. The van der Waals surface area contributed by atoms with Crippen molar-refractivity contribution in [2.75, 3.05) is 26.7 Å². The number of nitrogens with zero attached hydrogens (tertiary/aromatic N) is 1. The van der Waals surface area contributed by atoms with Gasteiger partial charge in [-0.3, -0.25) is 0 Å². The third-order valence-corrected chi connectivity index (χ3v) is 7.09. The van der Waals surface area contributed by atoms with Crippen molar-refractivity contribution in [2.24, 2.45) is 0 Å². The lowest BCUT2D eigenvalue weighted by Gasteiger charge is -2.30. The molecule has 9 heteroatoms. The number of rotatable bonds is 3. The number of carbonyl (C=O) groups is 1. The molecule has 1 aromatic rings. The van der Waals surface area contributed by atoms with Crippen molar-refractivity contribution in [1.29, 1.82) is 0 Å². The van der Waals surface area contributed by atoms with Crippen molar-refractivity contribution in [3.05, 3.63) is 14.7 Å². The number of nitrogens with one attached hydrogen (secondary N) is 1. The lowest BCUT2D eigenvalue weighted by atomic mass is 10.3. The maximum Gasteiger partial charge on any atom is 0.348 e. The van der Waals surface area contributed by atoms with Crippen molar-refractivity contribution in [2.45, 2.75) is 17.9 Å². The van der Waals surface area contributed by atoms with Gasteiger partial charge in [-0.25, -0.2) is 13.2 Å². The van der Waals surface area contributed by atoms with E-state index in [0.717, 1.165) is 11.3 Å². The Morgan fingerprint density at radius 1 is 1.60 bits per heavy atom. The fourth-order valence-electron chi connectivity index (χ4n) is 1.98. The van der Waals surface area contributed by atoms with Gasteiger partial charge in [0.15, 0.2) is 0 Å². The topological polar surface area (TPSA) is 75.7 Å². The molecule has 2 heterocycles. The second-order valence-corrected chi connectivity index (χ2v) is 8.73. The minimum absolute atomic E-state index is 0.107. The zero-order chi connectivity index (χ0) is 14.9. The predicted octanol–water partition coefficient (Wildman–Crippen LogP) is 1.28. The Kier molecular flexibility index (Phi) is 4.85. The van der Waals surface area contributed by atoms with E-state index < -0.39 is 16.0 Å². The van der Waals surface area contributed by atoms with Gasteiger partial charge in [-0.05, 0) is 28.9 Å². The number of sulfonamides is 1. The Labute approximate surface area is 130 Å². The normalized spacial score (nSPS) is 20.9. The van der Waals surface area contributed by atoms with Crippen molar-refractivity contribution in [3.63, 3.8) is 0 Å². The van der Waals surface area contributed by atoms with Gasteiger partial charge in [0.25, 0.3) is 0 Å². The number of thiophene rings is 1. The summed E-state index contributed by atoms with van der Waals surface area (Å²) >= 11 is 4.28. The molecule has 20 heavy (non-hydrogen) atoms. The van der Waals surface area contributed by atoms with Crippen LogP contribution in [0.5, 0.6) is 0 Å². The molecular weight excluding hydrogens is 368 g/mol. The Morgan fingerprint density at radius 2 is 2.30 bits per heavy atom. The Balaban J connectivity index is 2.34. The molecule has 0 radical (unpaired) electrons. The first-order valence-corrected chi connectivity index (χ1v) is 9.02. The summed E-state index contributed by atoms with van der Waals surface area (Å²) in [7, 11) is -2.33. The fraction of sp³-hybridized carbons (Fsp3) is 0.545. The number of carbonyl (C=O) groups excluding carboxylic acids is 1. The molecule has 0 bridgehead atoms. The second kappa shape index (κ2) is 6.10. The molecule has 0 spiro atoms. The lowest BCUT2D eigenvalue weighted by Crippen LogP contribution is -2.51. The quantitative estimate of drug-likeness (QED) is 0.796. The molecule has 6 nitrogen and oxygen atoms in total. The fourth-order valence-corrected chi connectivity index (χ4v) is 5.95. The van der Waals surface area contributed by atoms with Crippen LogP contribution in [0.2, 0.25) is 0 Å². The van der Waals surface area contributed by atoms with Gasteiger partial charge in [-0.1, -0.05) is 0 Å². The standard InChI is InChI=1S/C11H15BrN2O4S2/c1-7-6-14(4-3-13-7)20(16,17)9-5-8(11(15)18-2)19-10(9)12/h5,7,13H,3-4,6H2,1-2H3. The summed E-state index contributed by atoms with van der Waals surface area (Å²) in [5.41, 5.74) is 0. The average Bonchev–Trinajstić information content (AvgIpc) is 2.80. The highest BCUT2D eigenvalue weighted by atomic mass is 79.9. The van der Waals surface area contributed by atoms with E-state index in [9.17, 15) is 13.2 Å². The zero-order valence-electron chi connectivity index (χ0n) is 11.1. The van der Waals surface area contributed by atoms with Crippen molar-refractivity contribution < 1.29 is 17.9 Å². The minimum Gasteiger partial charge on any atom is -0.465 e.